The Bertz CT molecular complexity index is 692. The van der Waals surface area contributed by atoms with E-state index in [0.717, 1.165) is 12.8 Å². The fourth-order valence-corrected chi connectivity index (χ4v) is 2.11. The zero-order chi connectivity index (χ0) is 16.1. The summed E-state index contributed by atoms with van der Waals surface area (Å²) in [6.45, 7) is 3.72. The molecule has 0 aliphatic carbocycles. The normalized spacial score (nSPS) is 10.3. The Hall–Kier alpha value is -2.69. The smallest absolute Gasteiger partial charge is 0.343 e. The lowest BCUT2D eigenvalue weighted by atomic mass is 10.1. The first kappa shape index (κ1) is 15.7. The van der Waals surface area contributed by atoms with Gasteiger partial charge in [0.2, 0.25) is 0 Å². The number of nitro groups is 1. The zero-order valence-corrected chi connectivity index (χ0v) is 12.5. The van der Waals surface area contributed by atoms with Gasteiger partial charge in [0.15, 0.2) is 0 Å². The molecule has 0 saturated heterocycles. The lowest BCUT2D eigenvalue weighted by molar-refractivity contribution is -0.385. The number of hydrogen-bond donors (Lipinski definition) is 0. The van der Waals surface area contributed by atoms with Crippen molar-refractivity contribution in [2.45, 2.75) is 26.7 Å². The fourth-order valence-electron chi connectivity index (χ4n) is 2.11. The van der Waals surface area contributed by atoms with Crippen molar-refractivity contribution in [3.63, 3.8) is 0 Å². The Labute approximate surface area is 128 Å². The number of carbonyl (C=O) groups excluding carboxylic acids is 1. The highest BCUT2D eigenvalue weighted by Crippen LogP contribution is 2.21. The molecule has 0 radical (unpaired) electrons. The van der Waals surface area contributed by atoms with Gasteiger partial charge in [-0.2, -0.15) is 0 Å². The van der Waals surface area contributed by atoms with E-state index in [1.165, 1.54) is 17.7 Å². The Morgan fingerprint density at radius 3 is 2.45 bits per heavy atom. The maximum absolute atomic E-state index is 12.1. The molecule has 114 valence electrons. The first-order chi connectivity index (χ1) is 10.5. The molecule has 0 N–H and O–H groups in total. The average molecular weight is 299 g/mol. The first-order valence-electron chi connectivity index (χ1n) is 7.07. The van der Waals surface area contributed by atoms with Crippen molar-refractivity contribution in [2.24, 2.45) is 0 Å². The zero-order valence-electron chi connectivity index (χ0n) is 12.5. The maximum atomic E-state index is 12.1. The molecule has 0 fully saturated rings. The van der Waals surface area contributed by atoms with Crippen LogP contribution in [0.15, 0.2) is 42.5 Å². The van der Waals surface area contributed by atoms with E-state index in [1.54, 1.807) is 25.1 Å². The Balaban J connectivity index is 2.15. The summed E-state index contributed by atoms with van der Waals surface area (Å²) in [5, 5.41) is 10.9. The van der Waals surface area contributed by atoms with Crippen LogP contribution in [-0.4, -0.2) is 10.9 Å². The second kappa shape index (κ2) is 6.85. The summed E-state index contributed by atoms with van der Waals surface area (Å²) < 4.78 is 5.25. The molecular formula is C17H17NO4. The van der Waals surface area contributed by atoms with Crippen LogP contribution >= 0.6 is 0 Å². The van der Waals surface area contributed by atoms with E-state index in [9.17, 15) is 14.9 Å². The van der Waals surface area contributed by atoms with E-state index in [1.807, 2.05) is 12.1 Å². The minimum Gasteiger partial charge on any atom is -0.423 e. The summed E-state index contributed by atoms with van der Waals surface area (Å²) in [6, 6.07) is 11.6. The third kappa shape index (κ3) is 3.69. The molecule has 0 atom stereocenters. The predicted molar refractivity (Wildman–Crippen MR) is 83.2 cm³/mol. The average Bonchev–Trinajstić information content (AvgIpc) is 2.49. The first-order valence-corrected chi connectivity index (χ1v) is 7.07. The molecule has 0 aliphatic rings. The highest BCUT2D eigenvalue weighted by Gasteiger charge is 2.16. The van der Waals surface area contributed by atoms with Crippen molar-refractivity contribution in [1.82, 2.24) is 0 Å². The lowest BCUT2D eigenvalue weighted by Gasteiger charge is -2.06. The molecule has 0 bridgehead atoms. The summed E-state index contributed by atoms with van der Waals surface area (Å²) in [5.74, 6) is -0.181. The van der Waals surface area contributed by atoms with E-state index < -0.39 is 10.9 Å². The number of benzene rings is 2. The monoisotopic (exact) mass is 299 g/mol. The third-order valence-electron chi connectivity index (χ3n) is 3.31. The molecule has 0 amide bonds. The van der Waals surface area contributed by atoms with E-state index in [-0.39, 0.29) is 11.3 Å². The maximum Gasteiger partial charge on any atom is 0.343 e. The van der Waals surface area contributed by atoms with Crippen LogP contribution in [0.4, 0.5) is 5.69 Å². The van der Waals surface area contributed by atoms with Crippen LogP contribution in [0.2, 0.25) is 0 Å². The van der Waals surface area contributed by atoms with Crippen LogP contribution in [0, 0.1) is 17.0 Å². The number of hydrogen-bond acceptors (Lipinski definition) is 4. The molecule has 5 heteroatoms. The van der Waals surface area contributed by atoms with Crippen molar-refractivity contribution in [1.29, 1.82) is 0 Å². The molecule has 22 heavy (non-hydrogen) atoms. The van der Waals surface area contributed by atoms with E-state index in [4.69, 9.17) is 4.74 Å². The number of esters is 1. The summed E-state index contributed by atoms with van der Waals surface area (Å²) in [7, 11) is 0. The number of ether oxygens (including phenoxy) is 1. The van der Waals surface area contributed by atoms with Crippen LogP contribution in [0.25, 0.3) is 0 Å². The van der Waals surface area contributed by atoms with Gasteiger partial charge in [-0.1, -0.05) is 31.5 Å². The predicted octanol–water partition coefficient (Wildman–Crippen LogP) is 4.07. The van der Waals surface area contributed by atoms with Crippen molar-refractivity contribution in [3.05, 3.63) is 69.3 Å². The Kier molecular flexibility index (Phi) is 4.88. The van der Waals surface area contributed by atoms with Crippen molar-refractivity contribution < 1.29 is 14.5 Å². The second-order valence-electron chi connectivity index (χ2n) is 5.04. The lowest BCUT2D eigenvalue weighted by Crippen LogP contribution is -2.09. The molecule has 0 aliphatic heterocycles. The molecule has 2 rings (SSSR count). The van der Waals surface area contributed by atoms with Gasteiger partial charge in [0.25, 0.3) is 5.69 Å². The summed E-state index contributed by atoms with van der Waals surface area (Å²) in [6.07, 6.45) is 2.02. The molecular weight excluding hydrogens is 282 g/mol. The van der Waals surface area contributed by atoms with Gasteiger partial charge in [-0.3, -0.25) is 10.1 Å². The van der Waals surface area contributed by atoms with E-state index in [2.05, 4.69) is 6.92 Å². The van der Waals surface area contributed by atoms with Crippen LogP contribution in [-0.2, 0) is 6.42 Å². The fraction of sp³-hybridized carbons (Fsp3) is 0.235. The number of nitrogens with zero attached hydrogens (tertiary/aromatic N) is 1. The topological polar surface area (TPSA) is 69.4 Å². The molecule has 0 aromatic heterocycles. The molecule has 0 heterocycles. The SMILES string of the molecule is CCCc1ccc(OC(=O)c2ccc(C)c([N+](=O)[O-])c2)cc1. The van der Waals surface area contributed by atoms with Crippen LogP contribution < -0.4 is 4.74 Å². The van der Waals surface area contributed by atoms with Gasteiger partial charge < -0.3 is 4.74 Å². The molecule has 0 saturated carbocycles. The van der Waals surface area contributed by atoms with Crippen molar-refractivity contribution in [2.75, 3.05) is 0 Å². The summed E-state index contributed by atoms with van der Waals surface area (Å²) >= 11 is 0. The van der Waals surface area contributed by atoms with Gasteiger partial charge >= 0.3 is 5.97 Å². The van der Waals surface area contributed by atoms with Crippen molar-refractivity contribution >= 4 is 11.7 Å². The molecule has 5 nitrogen and oxygen atoms in total. The van der Waals surface area contributed by atoms with Crippen LogP contribution in [0.1, 0.15) is 34.8 Å². The largest absolute Gasteiger partial charge is 0.423 e. The van der Waals surface area contributed by atoms with Gasteiger partial charge in [0, 0.05) is 11.6 Å². The molecule has 0 unspecified atom stereocenters. The number of carbonyl (C=O) groups is 1. The Morgan fingerprint density at radius 1 is 1.18 bits per heavy atom. The number of nitro benzene ring substituents is 1. The van der Waals surface area contributed by atoms with Gasteiger partial charge in [-0.25, -0.2) is 4.79 Å². The molecule has 0 spiro atoms. The summed E-state index contributed by atoms with van der Waals surface area (Å²) in [5.41, 5.74) is 1.75. The van der Waals surface area contributed by atoms with Crippen LogP contribution in [0.3, 0.4) is 0 Å². The minimum absolute atomic E-state index is 0.0901. The molecule has 2 aromatic carbocycles. The Morgan fingerprint density at radius 2 is 1.86 bits per heavy atom. The van der Waals surface area contributed by atoms with Gasteiger partial charge in [0.05, 0.1) is 10.5 Å². The highest BCUT2D eigenvalue weighted by molar-refractivity contribution is 5.92. The number of rotatable bonds is 5. The van der Waals surface area contributed by atoms with Crippen molar-refractivity contribution in [3.8, 4) is 5.75 Å². The van der Waals surface area contributed by atoms with Gasteiger partial charge in [-0.05, 0) is 37.1 Å². The van der Waals surface area contributed by atoms with E-state index in [0.29, 0.717) is 11.3 Å². The second-order valence-corrected chi connectivity index (χ2v) is 5.04. The standard InChI is InChI=1S/C17H17NO4/c1-3-4-13-6-9-15(10-7-13)22-17(19)14-8-5-12(2)16(11-14)18(20)21/h5-11H,3-4H2,1-2H3. The summed E-state index contributed by atoms with van der Waals surface area (Å²) in [4.78, 5) is 22.5. The number of aryl methyl sites for hydroxylation is 2. The van der Waals surface area contributed by atoms with E-state index >= 15 is 0 Å². The minimum atomic E-state index is -0.605. The highest BCUT2D eigenvalue weighted by atomic mass is 16.6. The quantitative estimate of drug-likeness (QED) is 0.361. The third-order valence-corrected chi connectivity index (χ3v) is 3.31. The van der Waals surface area contributed by atoms with Gasteiger partial charge in [0.1, 0.15) is 5.75 Å². The van der Waals surface area contributed by atoms with Crippen LogP contribution in [0.5, 0.6) is 5.75 Å². The van der Waals surface area contributed by atoms with Gasteiger partial charge in [-0.15, -0.1) is 0 Å². The molecule has 2 aromatic rings.